The fourth-order valence-corrected chi connectivity index (χ4v) is 3.95. The maximum absolute atomic E-state index is 13.0. The molecule has 1 amide bonds. The summed E-state index contributed by atoms with van der Waals surface area (Å²) in [5.74, 6) is 0.547. The van der Waals surface area contributed by atoms with Crippen molar-refractivity contribution in [3.8, 4) is 11.4 Å². The van der Waals surface area contributed by atoms with E-state index in [2.05, 4.69) is 37.2 Å². The molecule has 0 unspecified atom stereocenters. The van der Waals surface area contributed by atoms with Gasteiger partial charge in [0.15, 0.2) is 0 Å². The van der Waals surface area contributed by atoms with Crippen LogP contribution in [-0.4, -0.2) is 68.9 Å². The third-order valence-corrected chi connectivity index (χ3v) is 5.70. The zero-order valence-corrected chi connectivity index (χ0v) is 18.0. The van der Waals surface area contributed by atoms with E-state index in [0.717, 1.165) is 60.6 Å². The fourth-order valence-electron chi connectivity index (χ4n) is 3.95. The number of benzene rings is 1. The highest BCUT2D eigenvalue weighted by atomic mass is 16.2. The molecule has 3 aromatic heterocycles. The number of aromatic amines is 1. The van der Waals surface area contributed by atoms with Crippen LogP contribution in [0, 0.1) is 0 Å². The molecule has 162 valence electrons. The van der Waals surface area contributed by atoms with Gasteiger partial charge in [0.05, 0.1) is 11.4 Å². The summed E-state index contributed by atoms with van der Waals surface area (Å²) < 4.78 is 0. The molecule has 5 rings (SSSR count). The molecular weight excluding hydrogens is 402 g/mol. The second kappa shape index (κ2) is 8.76. The molecule has 8 nitrogen and oxygen atoms in total. The lowest BCUT2D eigenvalue weighted by Crippen LogP contribution is -2.34. The van der Waals surface area contributed by atoms with Crippen LogP contribution in [0.15, 0.2) is 60.9 Å². The van der Waals surface area contributed by atoms with Gasteiger partial charge in [0.2, 0.25) is 5.95 Å². The Kier molecular flexibility index (Phi) is 5.51. The molecule has 0 spiro atoms. The predicted molar refractivity (Wildman–Crippen MR) is 125 cm³/mol. The number of anilines is 2. The Morgan fingerprint density at radius 2 is 1.91 bits per heavy atom. The SMILES string of the molecule is CN1CCCN(C(=O)c2cc3cc(Nc4nccc(-c5ccccn5)n4)ccc3[nH]2)CC1. The number of nitrogens with one attached hydrogen (secondary N) is 2. The van der Waals surface area contributed by atoms with Gasteiger partial charge in [-0.3, -0.25) is 9.78 Å². The molecule has 2 N–H and O–H groups in total. The highest BCUT2D eigenvalue weighted by Crippen LogP contribution is 2.24. The van der Waals surface area contributed by atoms with E-state index >= 15 is 0 Å². The van der Waals surface area contributed by atoms with Gasteiger partial charge in [-0.15, -0.1) is 0 Å². The Morgan fingerprint density at radius 1 is 0.969 bits per heavy atom. The van der Waals surface area contributed by atoms with Gasteiger partial charge in [-0.1, -0.05) is 6.07 Å². The topological polar surface area (TPSA) is 90.0 Å². The lowest BCUT2D eigenvalue weighted by Gasteiger charge is -2.19. The fraction of sp³-hybridized carbons (Fsp3) is 0.250. The van der Waals surface area contributed by atoms with Crippen molar-refractivity contribution in [3.63, 3.8) is 0 Å². The average Bonchev–Trinajstić information content (AvgIpc) is 3.13. The van der Waals surface area contributed by atoms with E-state index in [-0.39, 0.29) is 5.91 Å². The first-order chi connectivity index (χ1) is 15.7. The predicted octanol–water partition coefficient (Wildman–Crippen LogP) is 3.54. The van der Waals surface area contributed by atoms with Crippen LogP contribution in [0.25, 0.3) is 22.3 Å². The summed E-state index contributed by atoms with van der Waals surface area (Å²) in [5, 5.41) is 4.22. The second-order valence-corrected chi connectivity index (χ2v) is 8.04. The summed E-state index contributed by atoms with van der Waals surface area (Å²) in [6.45, 7) is 3.46. The van der Waals surface area contributed by atoms with Gasteiger partial charge in [-0.25, -0.2) is 9.97 Å². The minimum Gasteiger partial charge on any atom is -0.351 e. The van der Waals surface area contributed by atoms with Gasteiger partial charge < -0.3 is 20.1 Å². The Hall–Kier alpha value is -3.78. The number of hydrogen-bond donors (Lipinski definition) is 2. The van der Waals surface area contributed by atoms with E-state index in [1.807, 2.05) is 53.4 Å². The molecule has 0 bridgehead atoms. The van der Waals surface area contributed by atoms with Crippen molar-refractivity contribution in [2.24, 2.45) is 0 Å². The molecule has 32 heavy (non-hydrogen) atoms. The molecule has 1 aliphatic heterocycles. The molecule has 4 heterocycles. The molecule has 0 atom stereocenters. The van der Waals surface area contributed by atoms with Crippen LogP contribution in [0.4, 0.5) is 11.6 Å². The van der Waals surface area contributed by atoms with Gasteiger partial charge in [-0.2, -0.15) is 0 Å². The highest BCUT2D eigenvalue weighted by Gasteiger charge is 2.20. The van der Waals surface area contributed by atoms with Crippen molar-refractivity contribution in [3.05, 3.63) is 66.6 Å². The first-order valence-electron chi connectivity index (χ1n) is 10.8. The van der Waals surface area contributed by atoms with Crippen LogP contribution < -0.4 is 5.32 Å². The van der Waals surface area contributed by atoms with E-state index in [1.165, 1.54) is 0 Å². The number of rotatable bonds is 4. The minimum absolute atomic E-state index is 0.0532. The van der Waals surface area contributed by atoms with Crippen molar-refractivity contribution in [2.75, 3.05) is 38.5 Å². The standard InChI is InChI=1S/C24H25N7O/c1-30-11-4-12-31(14-13-30)23(32)22-16-17-15-18(6-7-19(17)28-22)27-24-26-10-8-21(29-24)20-5-2-3-9-25-20/h2-3,5-10,15-16,28H,4,11-14H2,1H3,(H,26,27,29). The minimum atomic E-state index is 0.0532. The summed E-state index contributed by atoms with van der Waals surface area (Å²) in [4.78, 5) is 33.7. The quantitative estimate of drug-likeness (QED) is 0.518. The summed E-state index contributed by atoms with van der Waals surface area (Å²) in [6.07, 6.45) is 4.45. The van der Waals surface area contributed by atoms with Crippen LogP contribution in [0.2, 0.25) is 0 Å². The van der Waals surface area contributed by atoms with Crippen LogP contribution >= 0.6 is 0 Å². The maximum atomic E-state index is 13.0. The maximum Gasteiger partial charge on any atom is 0.270 e. The Morgan fingerprint density at radius 3 is 2.78 bits per heavy atom. The Labute approximate surface area is 186 Å². The van der Waals surface area contributed by atoms with E-state index in [4.69, 9.17) is 0 Å². The molecule has 4 aromatic rings. The molecule has 1 saturated heterocycles. The number of pyridine rings is 1. The number of likely N-dealkylation sites (N-methyl/N-ethyl adjacent to an activating group) is 1. The summed E-state index contributed by atoms with van der Waals surface area (Å²) >= 11 is 0. The van der Waals surface area contributed by atoms with E-state index in [0.29, 0.717) is 11.6 Å². The first-order valence-corrected chi connectivity index (χ1v) is 10.8. The number of amides is 1. The van der Waals surface area contributed by atoms with Gasteiger partial charge in [0, 0.05) is 48.6 Å². The van der Waals surface area contributed by atoms with E-state index < -0.39 is 0 Å². The lowest BCUT2D eigenvalue weighted by molar-refractivity contribution is 0.0758. The van der Waals surface area contributed by atoms with Crippen molar-refractivity contribution in [2.45, 2.75) is 6.42 Å². The van der Waals surface area contributed by atoms with Crippen LogP contribution in [0.3, 0.4) is 0 Å². The Bertz CT molecular complexity index is 1240. The van der Waals surface area contributed by atoms with Gasteiger partial charge in [0.25, 0.3) is 5.91 Å². The average molecular weight is 428 g/mol. The number of aromatic nitrogens is 4. The van der Waals surface area contributed by atoms with Crippen LogP contribution in [-0.2, 0) is 0 Å². The zero-order valence-electron chi connectivity index (χ0n) is 18.0. The number of nitrogens with zero attached hydrogens (tertiary/aromatic N) is 5. The lowest BCUT2D eigenvalue weighted by atomic mass is 10.2. The van der Waals surface area contributed by atoms with Crippen LogP contribution in [0.1, 0.15) is 16.9 Å². The van der Waals surface area contributed by atoms with E-state index in [1.54, 1.807) is 12.4 Å². The normalized spacial score (nSPS) is 15.0. The third-order valence-electron chi connectivity index (χ3n) is 5.70. The number of fused-ring (bicyclic) bond motifs is 1. The van der Waals surface area contributed by atoms with Gasteiger partial charge >= 0.3 is 0 Å². The largest absolute Gasteiger partial charge is 0.351 e. The summed E-state index contributed by atoms with van der Waals surface area (Å²) in [6, 6.07) is 15.4. The highest BCUT2D eigenvalue weighted by molar-refractivity contribution is 5.98. The van der Waals surface area contributed by atoms with Crippen molar-refractivity contribution in [1.82, 2.24) is 29.7 Å². The van der Waals surface area contributed by atoms with Crippen molar-refractivity contribution < 1.29 is 4.79 Å². The molecule has 0 saturated carbocycles. The number of carbonyl (C=O) groups is 1. The number of hydrogen-bond acceptors (Lipinski definition) is 6. The first kappa shape index (κ1) is 20.1. The third kappa shape index (κ3) is 4.31. The summed E-state index contributed by atoms with van der Waals surface area (Å²) in [7, 11) is 2.10. The monoisotopic (exact) mass is 427 g/mol. The van der Waals surface area contributed by atoms with Gasteiger partial charge in [-0.05, 0) is 62.5 Å². The Balaban J connectivity index is 1.35. The molecule has 0 radical (unpaired) electrons. The molecule has 8 heteroatoms. The molecular formula is C24H25N7O. The molecule has 1 aromatic carbocycles. The molecule has 1 fully saturated rings. The number of H-pyrrole nitrogens is 1. The smallest absolute Gasteiger partial charge is 0.270 e. The second-order valence-electron chi connectivity index (χ2n) is 8.04. The van der Waals surface area contributed by atoms with Crippen LogP contribution in [0.5, 0.6) is 0 Å². The molecule has 1 aliphatic rings. The van der Waals surface area contributed by atoms with Gasteiger partial charge in [0.1, 0.15) is 5.69 Å². The van der Waals surface area contributed by atoms with Crippen molar-refractivity contribution in [1.29, 1.82) is 0 Å². The number of carbonyl (C=O) groups excluding carboxylic acids is 1. The van der Waals surface area contributed by atoms with Crippen molar-refractivity contribution >= 4 is 28.4 Å². The molecule has 0 aliphatic carbocycles. The summed E-state index contributed by atoms with van der Waals surface area (Å²) in [5.41, 5.74) is 3.94. The zero-order chi connectivity index (χ0) is 21.9. The van der Waals surface area contributed by atoms with E-state index in [9.17, 15) is 4.79 Å².